The number of thiophene rings is 1. The molecule has 0 saturated carbocycles. The first kappa shape index (κ1) is 16.6. The Morgan fingerprint density at radius 3 is 2.62 bits per heavy atom. The van der Waals surface area contributed by atoms with Crippen LogP contribution in [0.4, 0.5) is 0 Å². The third-order valence-electron chi connectivity index (χ3n) is 4.31. The van der Waals surface area contributed by atoms with Crippen molar-refractivity contribution in [3.8, 4) is 11.3 Å². The summed E-state index contributed by atoms with van der Waals surface area (Å²) < 4.78 is 0. The SMILES string of the molecule is Cc1nc(-c2ccsc2)ccc1C(=O)N(C)CC(=O)N1CCCC1. The number of nitrogens with zero attached hydrogens (tertiary/aromatic N) is 3. The van der Waals surface area contributed by atoms with Crippen molar-refractivity contribution >= 4 is 23.2 Å². The van der Waals surface area contributed by atoms with Gasteiger partial charge in [-0.25, -0.2) is 0 Å². The Kier molecular flexibility index (Phi) is 4.94. The van der Waals surface area contributed by atoms with Crippen molar-refractivity contribution in [3.05, 3.63) is 40.2 Å². The number of carbonyl (C=O) groups excluding carboxylic acids is 2. The highest BCUT2D eigenvalue weighted by molar-refractivity contribution is 7.08. The molecule has 1 aliphatic heterocycles. The van der Waals surface area contributed by atoms with Gasteiger partial charge in [-0.3, -0.25) is 14.6 Å². The van der Waals surface area contributed by atoms with Gasteiger partial charge in [-0.15, -0.1) is 0 Å². The van der Waals surface area contributed by atoms with Gasteiger partial charge in [0.25, 0.3) is 5.91 Å². The van der Waals surface area contributed by atoms with Gasteiger partial charge in [0.15, 0.2) is 0 Å². The van der Waals surface area contributed by atoms with Crippen molar-refractivity contribution in [3.63, 3.8) is 0 Å². The molecule has 0 spiro atoms. The largest absolute Gasteiger partial charge is 0.341 e. The third kappa shape index (κ3) is 3.48. The van der Waals surface area contributed by atoms with E-state index in [4.69, 9.17) is 0 Å². The molecule has 0 N–H and O–H groups in total. The molecule has 24 heavy (non-hydrogen) atoms. The zero-order valence-electron chi connectivity index (χ0n) is 14.0. The van der Waals surface area contributed by atoms with E-state index >= 15 is 0 Å². The molecular formula is C18H21N3O2S. The van der Waals surface area contributed by atoms with Crippen LogP contribution in [-0.2, 0) is 4.79 Å². The van der Waals surface area contributed by atoms with Gasteiger partial charge in [0.05, 0.1) is 23.5 Å². The molecule has 1 saturated heterocycles. The number of hydrogen-bond acceptors (Lipinski definition) is 4. The molecule has 5 nitrogen and oxygen atoms in total. The van der Waals surface area contributed by atoms with Crippen LogP contribution in [0.2, 0.25) is 0 Å². The van der Waals surface area contributed by atoms with Crippen molar-refractivity contribution in [2.45, 2.75) is 19.8 Å². The monoisotopic (exact) mass is 343 g/mol. The van der Waals surface area contributed by atoms with Crippen molar-refractivity contribution in [2.75, 3.05) is 26.7 Å². The van der Waals surface area contributed by atoms with Crippen LogP contribution >= 0.6 is 11.3 Å². The molecule has 0 aliphatic carbocycles. The van der Waals surface area contributed by atoms with E-state index in [1.165, 1.54) is 4.90 Å². The minimum absolute atomic E-state index is 0.0175. The number of amides is 2. The van der Waals surface area contributed by atoms with Gasteiger partial charge in [-0.05, 0) is 43.3 Å². The third-order valence-corrected chi connectivity index (χ3v) is 4.99. The lowest BCUT2D eigenvalue weighted by Gasteiger charge is -2.22. The van der Waals surface area contributed by atoms with E-state index in [0.717, 1.165) is 37.2 Å². The summed E-state index contributed by atoms with van der Waals surface area (Å²) in [4.78, 5) is 32.7. The van der Waals surface area contributed by atoms with Crippen LogP contribution < -0.4 is 0 Å². The Labute approximate surface area is 145 Å². The van der Waals surface area contributed by atoms with Crippen molar-refractivity contribution < 1.29 is 9.59 Å². The summed E-state index contributed by atoms with van der Waals surface area (Å²) >= 11 is 1.62. The average Bonchev–Trinajstić information content (AvgIpc) is 3.27. The first-order valence-corrected chi connectivity index (χ1v) is 9.04. The van der Waals surface area contributed by atoms with Crippen molar-refractivity contribution in [2.24, 2.45) is 0 Å². The first-order valence-electron chi connectivity index (χ1n) is 8.09. The van der Waals surface area contributed by atoms with Crippen molar-refractivity contribution in [1.82, 2.24) is 14.8 Å². The highest BCUT2D eigenvalue weighted by Gasteiger charge is 2.22. The molecule has 0 atom stereocenters. The van der Waals surface area contributed by atoms with E-state index in [0.29, 0.717) is 11.3 Å². The Balaban J connectivity index is 1.71. The number of pyridine rings is 1. The topological polar surface area (TPSA) is 53.5 Å². The highest BCUT2D eigenvalue weighted by atomic mass is 32.1. The minimum atomic E-state index is -0.163. The standard InChI is InChI=1S/C18H21N3O2S/c1-13-15(5-6-16(19-13)14-7-10-24-12-14)18(23)20(2)11-17(22)21-8-3-4-9-21/h5-7,10,12H,3-4,8-9,11H2,1-2H3. The Hall–Kier alpha value is -2.21. The smallest absolute Gasteiger partial charge is 0.255 e. The summed E-state index contributed by atoms with van der Waals surface area (Å²) in [6.45, 7) is 3.55. The molecule has 0 unspecified atom stereocenters. The van der Waals surface area contributed by atoms with Crippen LogP contribution in [0.3, 0.4) is 0 Å². The molecule has 0 aromatic carbocycles. The number of rotatable bonds is 4. The number of aromatic nitrogens is 1. The summed E-state index contributed by atoms with van der Waals surface area (Å²) in [6, 6.07) is 5.67. The molecule has 126 valence electrons. The van der Waals surface area contributed by atoms with Crippen molar-refractivity contribution in [1.29, 1.82) is 0 Å². The number of likely N-dealkylation sites (N-methyl/N-ethyl adjacent to an activating group) is 1. The Bertz CT molecular complexity index is 737. The lowest BCUT2D eigenvalue weighted by molar-refractivity contribution is -0.130. The molecule has 2 aromatic rings. The molecule has 1 fully saturated rings. The van der Waals surface area contributed by atoms with Gasteiger partial charge in [-0.1, -0.05) is 0 Å². The second-order valence-electron chi connectivity index (χ2n) is 6.09. The van der Waals surface area contributed by atoms with E-state index in [9.17, 15) is 9.59 Å². The van der Waals surface area contributed by atoms with Crippen LogP contribution in [0.5, 0.6) is 0 Å². The second kappa shape index (κ2) is 7.13. The molecule has 2 aromatic heterocycles. The maximum absolute atomic E-state index is 12.6. The fourth-order valence-electron chi connectivity index (χ4n) is 2.90. The highest BCUT2D eigenvalue weighted by Crippen LogP contribution is 2.22. The normalized spacial score (nSPS) is 14.0. The molecule has 3 heterocycles. The lowest BCUT2D eigenvalue weighted by atomic mass is 10.1. The molecule has 3 rings (SSSR count). The van der Waals surface area contributed by atoms with Gasteiger partial charge in [-0.2, -0.15) is 11.3 Å². The fraction of sp³-hybridized carbons (Fsp3) is 0.389. The van der Waals surface area contributed by atoms with Crippen LogP contribution in [0.1, 0.15) is 28.9 Å². The van der Waals surface area contributed by atoms with Crippen LogP contribution in [0, 0.1) is 6.92 Å². The molecule has 0 radical (unpaired) electrons. The quantitative estimate of drug-likeness (QED) is 0.858. The zero-order valence-corrected chi connectivity index (χ0v) is 14.8. The van der Waals surface area contributed by atoms with E-state index < -0.39 is 0 Å². The molecule has 6 heteroatoms. The summed E-state index contributed by atoms with van der Waals surface area (Å²) in [5, 5.41) is 4.03. The number of likely N-dealkylation sites (tertiary alicyclic amines) is 1. The summed E-state index contributed by atoms with van der Waals surface area (Å²) in [6.07, 6.45) is 2.10. The van der Waals surface area contributed by atoms with Crippen LogP contribution in [0.25, 0.3) is 11.3 Å². The Morgan fingerprint density at radius 1 is 1.25 bits per heavy atom. The van der Waals surface area contributed by atoms with E-state index in [-0.39, 0.29) is 18.4 Å². The summed E-state index contributed by atoms with van der Waals surface area (Å²) in [7, 11) is 1.67. The Morgan fingerprint density at radius 2 is 2.00 bits per heavy atom. The number of carbonyl (C=O) groups is 2. The molecule has 2 amide bonds. The van der Waals surface area contributed by atoms with E-state index in [1.807, 2.05) is 34.7 Å². The van der Waals surface area contributed by atoms with Gasteiger partial charge < -0.3 is 9.80 Å². The van der Waals surface area contributed by atoms with Gasteiger partial charge >= 0.3 is 0 Å². The van der Waals surface area contributed by atoms with Crippen LogP contribution in [-0.4, -0.2) is 53.3 Å². The number of aryl methyl sites for hydroxylation is 1. The van der Waals surface area contributed by atoms with Gasteiger partial charge in [0.2, 0.25) is 5.91 Å². The lowest BCUT2D eigenvalue weighted by Crippen LogP contribution is -2.40. The second-order valence-corrected chi connectivity index (χ2v) is 6.87. The van der Waals surface area contributed by atoms with E-state index in [2.05, 4.69) is 4.98 Å². The predicted molar refractivity (Wildman–Crippen MR) is 95.1 cm³/mol. The first-order chi connectivity index (χ1) is 11.6. The maximum Gasteiger partial charge on any atom is 0.255 e. The predicted octanol–water partition coefficient (Wildman–Crippen LogP) is 2.81. The molecule has 1 aliphatic rings. The van der Waals surface area contributed by atoms with Gasteiger partial charge in [0.1, 0.15) is 0 Å². The maximum atomic E-state index is 12.6. The zero-order chi connectivity index (χ0) is 17.1. The summed E-state index contributed by atoms with van der Waals surface area (Å²) in [5.74, 6) is -0.145. The summed E-state index contributed by atoms with van der Waals surface area (Å²) in [5.41, 5.74) is 3.15. The molecular weight excluding hydrogens is 322 g/mol. The minimum Gasteiger partial charge on any atom is -0.341 e. The number of hydrogen-bond donors (Lipinski definition) is 0. The average molecular weight is 343 g/mol. The van der Waals surface area contributed by atoms with E-state index in [1.54, 1.807) is 24.5 Å². The fourth-order valence-corrected chi connectivity index (χ4v) is 3.55. The molecule has 0 bridgehead atoms. The van der Waals surface area contributed by atoms with Gasteiger partial charge in [0, 0.05) is 31.1 Å². The van der Waals surface area contributed by atoms with Crippen LogP contribution in [0.15, 0.2) is 29.0 Å².